The number of likely N-dealkylation sites (tertiary alicyclic amines) is 1. The number of piperidine rings is 1. The molecular weight excluding hydrogens is 452 g/mol. The van der Waals surface area contributed by atoms with Crippen LogP contribution in [0.25, 0.3) is 0 Å². The van der Waals surface area contributed by atoms with Crippen LogP contribution in [-0.2, 0) is 19.5 Å². The standard InChI is InChI=1S/C26H38N2O5S/c1-25(2,3)33-24(29)28-17-7-15-26(16-8-18-34(30,31)27-26)23(28)19-32-22-13-11-21(12-14-22)20-9-5-4-6-10-20/h4-6,8-10,18,21-23,27H,7,11-17,19H2,1-3H3/t21?,22?,23-,26+/m0/s1. The van der Waals surface area contributed by atoms with Crippen LogP contribution in [-0.4, -0.2) is 55.8 Å². The van der Waals surface area contributed by atoms with E-state index in [2.05, 4.69) is 29.0 Å². The molecule has 1 aliphatic carbocycles. The molecule has 188 valence electrons. The summed E-state index contributed by atoms with van der Waals surface area (Å²) in [4.78, 5) is 14.8. The van der Waals surface area contributed by atoms with Crippen LogP contribution in [0, 0.1) is 0 Å². The van der Waals surface area contributed by atoms with Crippen molar-refractivity contribution in [3.8, 4) is 0 Å². The fourth-order valence-electron chi connectivity index (χ4n) is 5.59. The maximum atomic E-state index is 13.1. The first kappa shape index (κ1) is 25.2. The van der Waals surface area contributed by atoms with Crippen molar-refractivity contribution in [3.05, 3.63) is 47.4 Å². The van der Waals surface area contributed by atoms with E-state index in [0.717, 1.165) is 25.7 Å². The van der Waals surface area contributed by atoms with E-state index in [4.69, 9.17) is 9.47 Å². The van der Waals surface area contributed by atoms with Gasteiger partial charge in [-0.25, -0.2) is 17.9 Å². The van der Waals surface area contributed by atoms with Crippen molar-refractivity contribution < 1.29 is 22.7 Å². The minimum Gasteiger partial charge on any atom is -0.444 e. The van der Waals surface area contributed by atoms with E-state index < -0.39 is 33.3 Å². The number of carbonyl (C=O) groups is 1. The molecule has 2 heterocycles. The van der Waals surface area contributed by atoms with Crippen LogP contribution in [0.5, 0.6) is 0 Å². The van der Waals surface area contributed by atoms with Crippen LogP contribution >= 0.6 is 0 Å². The van der Waals surface area contributed by atoms with Gasteiger partial charge >= 0.3 is 6.09 Å². The summed E-state index contributed by atoms with van der Waals surface area (Å²) in [5, 5.41) is 1.22. The molecule has 3 aliphatic rings. The van der Waals surface area contributed by atoms with Gasteiger partial charge in [-0.05, 0) is 77.2 Å². The van der Waals surface area contributed by atoms with Crippen molar-refractivity contribution in [1.29, 1.82) is 0 Å². The summed E-state index contributed by atoms with van der Waals surface area (Å²) in [5.74, 6) is 0.552. The quantitative estimate of drug-likeness (QED) is 0.661. The van der Waals surface area contributed by atoms with Gasteiger partial charge in [0.15, 0.2) is 0 Å². The highest BCUT2D eigenvalue weighted by molar-refractivity contribution is 7.92. The largest absolute Gasteiger partial charge is 0.444 e. The topological polar surface area (TPSA) is 84.9 Å². The first-order valence-electron chi connectivity index (χ1n) is 12.4. The lowest BCUT2D eigenvalue weighted by molar-refractivity contribution is -0.0563. The summed E-state index contributed by atoms with van der Waals surface area (Å²) in [6.07, 6.45) is 7.32. The molecule has 1 aromatic rings. The average Bonchev–Trinajstić information content (AvgIpc) is 2.77. The lowest BCUT2D eigenvalue weighted by Crippen LogP contribution is -2.68. The molecule has 0 radical (unpaired) electrons. The molecule has 1 amide bonds. The van der Waals surface area contributed by atoms with Gasteiger partial charge in [0.05, 0.1) is 24.3 Å². The number of benzene rings is 1. The van der Waals surface area contributed by atoms with E-state index in [1.54, 1.807) is 11.0 Å². The van der Waals surface area contributed by atoms with Crippen LogP contribution in [0.2, 0.25) is 0 Å². The number of hydrogen-bond acceptors (Lipinski definition) is 5. The number of amides is 1. The van der Waals surface area contributed by atoms with Crippen molar-refractivity contribution in [1.82, 2.24) is 9.62 Å². The highest BCUT2D eigenvalue weighted by Crippen LogP contribution is 2.38. The Balaban J connectivity index is 1.47. The highest BCUT2D eigenvalue weighted by atomic mass is 32.2. The molecule has 2 aliphatic heterocycles. The molecule has 4 rings (SSSR count). The van der Waals surface area contributed by atoms with Gasteiger partial charge in [-0.1, -0.05) is 36.4 Å². The van der Waals surface area contributed by atoms with Crippen molar-refractivity contribution in [2.75, 3.05) is 13.2 Å². The highest BCUT2D eigenvalue weighted by Gasteiger charge is 2.50. The second kappa shape index (κ2) is 9.99. The second-order valence-corrected chi connectivity index (χ2v) is 12.5. The zero-order valence-corrected chi connectivity index (χ0v) is 21.4. The van der Waals surface area contributed by atoms with Crippen molar-refractivity contribution in [2.24, 2.45) is 0 Å². The maximum Gasteiger partial charge on any atom is 0.410 e. The summed E-state index contributed by atoms with van der Waals surface area (Å²) in [6.45, 7) is 6.33. The van der Waals surface area contributed by atoms with Crippen LogP contribution in [0.15, 0.2) is 41.8 Å². The van der Waals surface area contributed by atoms with E-state index in [0.29, 0.717) is 31.7 Å². The van der Waals surface area contributed by atoms with E-state index in [1.165, 1.54) is 11.0 Å². The second-order valence-electron chi connectivity index (χ2n) is 10.9. The van der Waals surface area contributed by atoms with Crippen LogP contribution in [0.1, 0.15) is 77.2 Å². The van der Waals surface area contributed by atoms with Gasteiger partial charge in [0.1, 0.15) is 5.60 Å². The first-order valence-corrected chi connectivity index (χ1v) is 14.0. The normalized spacial score (nSPS) is 31.4. The predicted molar refractivity (Wildman–Crippen MR) is 132 cm³/mol. The molecule has 8 heteroatoms. The molecule has 1 spiro atoms. The monoisotopic (exact) mass is 490 g/mol. The fourth-order valence-corrected chi connectivity index (χ4v) is 6.90. The van der Waals surface area contributed by atoms with E-state index in [9.17, 15) is 13.2 Å². The summed E-state index contributed by atoms with van der Waals surface area (Å²) in [7, 11) is -3.55. The van der Waals surface area contributed by atoms with Gasteiger partial charge in [-0.2, -0.15) is 0 Å². The SMILES string of the molecule is CC(C)(C)OC(=O)N1CCC[C@@]2(CC=CS(=O)(=O)N2)[C@@H]1COC1CCC(c2ccccc2)CC1. The molecule has 0 unspecified atom stereocenters. The zero-order chi connectivity index (χ0) is 24.4. The Labute approximate surface area is 203 Å². The Morgan fingerprint density at radius 1 is 1.15 bits per heavy atom. The van der Waals surface area contributed by atoms with Crippen molar-refractivity contribution in [3.63, 3.8) is 0 Å². The Hall–Kier alpha value is -1.90. The lowest BCUT2D eigenvalue weighted by Gasteiger charge is -2.50. The third-order valence-electron chi connectivity index (χ3n) is 7.20. The molecule has 1 aromatic carbocycles. The van der Waals surface area contributed by atoms with Crippen molar-refractivity contribution >= 4 is 16.1 Å². The van der Waals surface area contributed by atoms with Crippen LogP contribution in [0.4, 0.5) is 4.79 Å². The Kier molecular flexibility index (Phi) is 7.41. The summed E-state index contributed by atoms with van der Waals surface area (Å²) >= 11 is 0. The molecule has 2 fully saturated rings. The number of ether oxygens (including phenoxy) is 2. The third-order valence-corrected chi connectivity index (χ3v) is 8.44. The summed E-state index contributed by atoms with van der Waals surface area (Å²) in [5.41, 5.74) is -0.0227. The fraction of sp³-hybridized carbons (Fsp3) is 0.654. The molecule has 0 aromatic heterocycles. The maximum absolute atomic E-state index is 13.1. The summed E-state index contributed by atoms with van der Waals surface area (Å²) in [6, 6.07) is 10.2. The number of hydrogen-bond donors (Lipinski definition) is 1. The smallest absolute Gasteiger partial charge is 0.410 e. The number of sulfonamides is 1. The Bertz CT molecular complexity index is 980. The first-order chi connectivity index (χ1) is 16.1. The average molecular weight is 491 g/mol. The number of rotatable bonds is 4. The number of carbonyl (C=O) groups excluding carboxylic acids is 1. The Morgan fingerprint density at radius 2 is 1.85 bits per heavy atom. The third kappa shape index (κ3) is 6.01. The van der Waals surface area contributed by atoms with Gasteiger partial charge in [0, 0.05) is 12.0 Å². The number of nitrogens with one attached hydrogen (secondary N) is 1. The van der Waals surface area contributed by atoms with Gasteiger partial charge in [0.25, 0.3) is 0 Å². The van der Waals surface area contributed by atoms with Crippen LogP contribution < -0.4 is 4.72 Å². The molecule has 1 saturated heterocycles. The van der Waals surface area contributed by atoms with Gasteiger partial charge in [0.2, 0.25) is 10.0 Å². The zero-order valence-electron chi connectivity index (χ0n) is 20.5. The van der Waals surface area contributed by atoms with E-state index >= 15 is 0 Å². The van der Waals surface area contributed by atoms with Gasteiger partial charge in [-0.15, -0.1) is 0 Å². The van der Waals surface area contributed by atoms with Gasteiger partial charge < -0.3 is 14.4 Å². The Morgan fingerprint density at radius 3 is 2.50 bits per heavy atom. The molecule has 0 bridgehead atoms. The van der Waals surface area contributed by atoms with E-state index in [-0.39, 0.29) is 12.7 Å². The van der Waals surface area contributed by atoms with E-state index in [1.807, 2.05) is 26.8 Å². The molecule has 7 nitrogen and oxygen atoms in total. The predicted octanol–water partition coefficient (Wildman–Crippen LogP) is 4.70. The molecule has 1 N–H and O–H groups in total. The molecular formula is C26H38N2O5S. The van der Waals surface area contributed by atoms with Crippen LogP contribution in [0.3, 0.4) is 0 Å². The molecule has 1 saturated carbocycles. The van der Waals surface area contributed by atoms with Crippen molar-refractivity contribution in [2.45, 2.75) is 94.9 Å². The minimum atomic E-state index is -3.55. The molecule has 34 heavy (non-hydrogen) atoms. The lowest BCUT2D eigenvalue weighted by atomic mass is 9.79. The van der Waals surface area contributed by atoms with Gasteiger partial charge in [-0.3, -0.25) is 0 Å². The molecule has 2 atom stereocenters. The summed E-state index contributed by atoms with van der Waals surface area (Å²) < 4.78 is 39.9. The number of nitrogens with zero attached hydrogens (tertiary/aromatic N) is 1. The minimum absolute atomic E-state index is 0.107.